The van der Waals surface area contributed by atoms with Crippen molar-refractivity contribution < 1.29 is 8.42 Å². The van der Waals surface area contributed by atoms with E-state index in [1.807, 2.05) is 31.2 Å². The van der Waals surface area contributed by atoms with Crippen LogP contribution in [-0.2, 0) is 16.6 Å². The van der Waals surface area contributed by atoms with Gasteiger partial charge in [-0.05, 0) is 25.0 Å². The van der Waals surface area contributed by atoms with Crippen LogP contribution in [0, 0.1) is 6.92 Å². The standard InChI is InChI=1S/C13H17N3O2S/c1-3-19(17,18)15-13-8-9-16(14-13)10-12-7-5-4-6-11(12)2/h4-9H,3,10H2,1-2H3,(H,14,15). The molecule has 5 nitrogen and oxygen atoms in total. The molecule has 1 aromatic heterocycles. The van der Waals surface area contributed by atoms with Crippen molar-refractivity contribution >= 4 is 15.8 Å². The smallest absolute Gasteiger partial charge is 0.233 e. The Hall–Kier alpha value is -1.82. The first-order valence-corrected chi connectivity index (χ1v) is 7.74. The Morgan fingerprint density at radius 3 is 2.68 bits per heavy atom. The summed E-state index contributed by atoms with van der Waals surface area (Å²) in [4.78, 5) is 0. The fourth-order valence-electron chi connectivity index (χ4n) is 1.70. The molecule has 0 spiro atoms. The highest BCUT2D eigenvalue weighted by Crippen LogP contribution is 2.11. The average molecular weight is 279 g/mol. The first kappa shape index (κ1) is 13.6. The minimum absolute atomic E-state index is 0.0393. The van der Waals surface area contributed by atoms with E-state index < -0.39 is 10.0 Å². The second kappa shape index (κ2) is 5.44. The van der Waals surface area contributed by atoms with Crippen LogP contribution in [0.15, 0.2) is 36.5 Å². The van der Waals surface area contributed by atoms with Crippen molar-refractivity contribution in [2.24, 2.45) is 0 Å². The molecule has 2 rings (SSSR count). The number of nitrogens with one attached hydrogen (secondary N) is 1. The Bertz CT molecular complexity index is 662. The van der Waals surface area contributed by atoms with Gasteiger partial charge >= 0.3 is 0 Å². The third-order valence-electron chi connectivity index (χ3n) is 2.87. The maximum absolute atomic E-state index is 11.4. The summed E-state index contributed by atoms with van der Waals surface area (Å²) in [6, 6.07) is 9.70. The van der Waals surface area contributed by atoms with Crippen LogP contribution in [0.3, 0.4) is 0 Å². The Morgan fingerprint density at radius 1 is 1.26 bits per heavy atom. The van der Waals surface area contributed by atoms with Crippen molar-refractivity contribution in [2.75, 3.05) is 10.5 Å². The Labute approximate surface area is 113 Å². The van der Waals surface area contributed by atoms with Gasteiger partial charge in [-0.1, -0.05) is 24.3 Å². The van der Waals surface area contributed by atoms with Crippen LogP contribution in [0.2, 0.25) is 0 Å². The first-order valence-electron chi connectivity index (χ1n) is 6.08. The van der Waals surface area contributed by atoms with Gasteiger partial charge in [0.1, 0.15) is 0 Å². The second-order valence-electron chi connectivity index (χ2n) is 4.33. The van der Waals surface area contributed by atoms with Crippen molar-refractivity contribution in [3.63, 3.8) is 0 Å². The van der Waals surface area contributed by atoms with Crippen LogP contribution in [0.1, 0.15) is 18.1 Å². The van der Waals surface area contributed by atoms with Crippen LogP contribution < -0.4 is 4.72 Å². The maximum Gasteiger partial charge on any atom is 0.233 e. The van der Waals surface area contributed by atoms with E-state index in [4.69, 9.17) is 0 Å². The van der Waals surface area contributed by atoms with Gasteiger partial charge in [0.2, 0.25) is 10.0 Å². The van der Waals surface area contributed by atoms with E-state index in [9.17, 15) is 8.42 Å². The molecule has 0 amide bonds. The van der Waals surface area contributed by atoms with E-state index >= 15 is 0 Å². The lowest BCUT2D eigenvalue weighted by molar-refractivity contribution is 0.601. The van der Waals surface area contributed by atoms with E-state index in [1.54, 1.807) is 23.9 Å². The van der Waals surface area contributed by atoms with Crippen molar-refractivity contribution in [3.05, 3.63) is 47.7 Å². The Kier molecular flexibility index (Phi) is 3.90. The molecule has 102 valence electrons. The predicted octanol–water partition coefficient (Wildman–Crippen LogP) is 2.00. The molecule has 0 unspecified atom stereocenters. The van der Waals surface area contributed by atoms with E-state index in [2.05, 4.69) is 9.82 Å². The quantitative estimate of drug-likeness (QED) is 0.910. The highest BCUT2D eigenvalue weighted by molar-refractivity contribution is 7.92. The normalized spacial score (nSPS) is 11.5. The lowest BCUT2D eigenvalue weighted by Gasteiger charge is -2.05. The third-order valence-corrected chi connectivity index (χ3v) is 4.15. The zero-order valence-corrected chi connectivity index (χ0v) is 11.8. The van der Waals surface area contributed by atoms with Crippen LogP contribution in [0.25, 0.3) is 0 Å². The van der Waals surface area contributed by atoms with Gasteiger partial charge in [0.05, 0.1) is 12.3 Å². The SMILES string of the molecule is CCS(=O)(=O)Nc1ccn(Cc2ccccc2C)n1. The van der Waals surface area contributed by atoms with Crippen LogP contribution in [0.4, 0.5) is 5.82 Å². The molecule has 0 aliphatic heterocycles. The van der Waals surface area contributed by atoms with Crippen LogP contribution in [-0.4, -0.2) is 24.0 Å². The summed E-state index contributed by atoms with van der Waals surface area (Å²) in [6.07, 6.45) is 1.76. The largest absolute Gasteiger partial charge is 0.266 e. The number of benzene rings is 1. The summed E-state index contributed by atoms with van der Waals surface area (Å²) >= 11 is 0. The molecule has 0 atom stereocenters. The topological polar surface area (TPSA) is 64.0 Å². The van der Waals surface area contributed by atoms with Gasteiger partial charge < -0.3 is 0 Å². The minimum atomic E-state index is -3.27. The van der Waals surface area contributed by atoms with E-state index in [0.717, 1.165) is 5.56 Å². The minimum Gasteiger partial charge on any atom is -0.266 e. The Morgan fingerprint density at radius 2 is 2.00 bits per heavy atom. The summed E-state index contributed by atoms with van der Waals surface area (Å²) in [5.74, 6) is 0.396. The van der Waals surface area contributed by atoms with Crippen molar-refractivity contribution in [3.8, 4) is 0 Å². The zero-order valence-electron chi connectivity index (χ0n) is 11.0. The van der Waals surface area contributed by atoms with Gasteiger partial charge in [-0.2, -0.15) is 5.10 Å². The van der Waals surface area contributed by atoms with Crippen molar-refractivity contribution in [1.29, 1.82) is 0 Å². The van der Waals surface area contributed by atoms with Crippen LogP contribution >= 0.6 is 0 Å². The maximum atomic E-state index is 11.4. The highest BCUT2D eigenvalue weighted by Gasteiger charge is 2.09. The van der Waals surface area contributed by atoms with Gasteiger partial charge in [0.15, 0.2) is 5.82 Å². The van der Waals surface area contributed by atoms with Gasteiger partial charge in [-0.3, -0.25) is 9.40 Å². The number of rotatable bonds is 5. The van der Waals surface area contributed by atoms with E-state index in [-0.39, 0.29) is 5.75 Å². The lowest BCUT2D eigenvalue weighted by atomic mass is 10.1. The summed E-state index contributed by atoms with van der Waals surface area (Å²) in [5.41, 5.74) is 2.35. The number of sulfonamides is 1. The molecule has 0 saturated heterocycles. The number of hydrogen-bond acceptors (Lipinski definition) is 3. The molecule has 1 N–H and O–H groups in total. The zero-order chi connectivity index (χ0) is 13.9. The Balaban J connectivity index is 2.12. The number of aromatic nitrogens is 2. The molecule has 0 saturated carbocycles. The van der Waals surface area contributed by atoms with Crippen LogP contribution in [0.5, 0.6) is 0 Å². The summed E-state index contributed by atoms with van der Waals surface area (Å²) in [5, 5.41) is 4.21. The number of hydrogen-bond donors (Lipinski definition) is 1. The second-order valence-corrected chi connectivity index (χ2v) is 6.34. The molecule has 1 heterocycles. The molecule has 0 bridgehead atoms. The van der Waals surface area contributed by atoms with Gasteiger partial charge in [0, 0.05) is 12.3 Å². The molecule has 1 aromatic carbocycles. The summed E-state index contributed by atoms with van der Waals surface area (Å²) in [6.45, 7) is 4.26. The third kappa shape index (κ3) is 3.57. The first-order chi connectivity index (χ1) is 9.00. The average Bonchev–Trinajstić information content (AvgIpc) is 2.79. The number of aryl methyl sites for hydroxylation is 1. The fourth-order valence-corrected chi connectivity index (χ4v) is 2.27. The molecular weight excluding hydrogens is 262 g/mol. The van der Waals surface area contributed by atoms with Crippen molar-refractivity contribution in [1.82, 2.24) is 9.78 Å². The molecule has 0 fully saturated rings. The molecule has 0 aliphatic rings. The molecule has 6 heteroatoms. The predicted molar refractivity (Wildman–Crippen MR) is 75.6 cm³/mol. The molecule has 2 aromatic rings. The summed E-state index contributed by atoms with van der Waals surface area (Å²) < 4.78 is 27.0. The molecular formula is C13H17N3O2S. The molecule has 19 heavy (non-hydrogen) atoms. The van der Waals surface area contributed by atoms with Gasteiger partial charge in [-0.15, -0.1) is 0 Å². The number of nitrogens with zero attached hydrogens (tertiary/aromatic N) is 2. The molecule has 0 aliphatic carbocycles. The lowest BCUT2D eigenvalue weighted by Crippen LogP contribution is -2.15. The number of anilines is 1. The van der Waals surface area contributed by atoms with E-state index in [0.29, 0.717) is 12.4 Å². The highest BCUT2D eigenvalue weighted by atomic mass is 32.2. The van der Waals surface area contributed by atoms with E-state index in [1.165, 1.54) is 5.56 Å². The molecule has 0 radical (unpaired) electrons. The summed E-state index contributed by atoms with van der Waals surface area (Å²) in [7, 11) is -3.27. The monoisotopic (exact) mass is 279 g/mol. The fraction of sp³-hybridized carbons (Fsp3) is 0.308. The van der Waals surface area contributed by atoms with Gasteiger partial charge in [0.25, 0.3) is 0 Å². The van der Waals surface area contributed by atoms with Crippen molar-refractivity contribution in [2.45, 2.75) is 20.4 Å². The van der Waals surface area contributed by atoms with Gasteiger partial charge in [-0.25, -0.2) is 8.42 Å².